The SMILES string of the molecule is CC(C)c1c(Cl)ncnc1NC1(C)CCC1. The molecule has 0 spiro atoms. The van der Waals surface area contributed by atoms with Crippen molar-refractivity contribution in [3.8, 4) is 0 Å². The first-order valence-electron chi connectivity index (χ1n) is 5.80. The Labute approximate surface area is 102 Å². The number of rotatable bonds is 3. The van der Waals surface area contributed by atoms with Gasteiger partial charge in [-0.05, 0) is 32.1 Å². The van der Waals surface area contributed by atoms with Gasteiger partial charge >= 0.3 is 0 Å². The van der Waals surface area contributed by atoms with Crippen molar-refractivity contribution >= 4 is 17.4 Å². The molecular weight excluding hydrogens is 222 g/mol. The van der Waals surface area contributed by atoms with E-state index in [0.717, 1.165) is 11.4 Å². The molecule has 4 heteroatoms. The largest absolute Gasteiger partial charge is 0.365 e. The van der Waals surface area contributed by atoms with Crippen molar-refractivity contribution in [3.63, 3.8) is 0 Å². The van der Waals surface area contributed by atoms with Gasteiger partial charge < -0.3 is 5.32 Å². The van der Waals surface area contributed by atoms with Crippen LogP contribution in [0.15, 0.2) is 6.33 Å². The average Bonchev–Trinajstić information content (AvgIpc) is 2.14. The lowest BCUT2D eigenvalue weighted by Crippen LogP contribution is -2.42. The Kier molecular flexibility index (Phi) is 3.06. The normalized spacial score (nSPS) is 18.3. The van der Waals surface area contributed by atoms with Gasteiger partial charge in [-0.1, -0.05) is 25.4 Å². The molecule has 0 radical (unpaired) electrons. The van der Waals surface area contributed by atoms with Crippen LogP contribution in [0.3, 0.4) is 0 Å². The van der Waals surface area contributed by atoms with Crippen LogP contribution in [0.1, 0.15) is 51.5 Å². The van der Waals surface area contributed by atoms with Crippen LogP contribution in [-0.2, 0) is 0 Å². The zero-order valence-corrected chi connectivity index (χ0v) is 10.8. The summed E-state index contributed by atoms with van der Waals surface area (Å²) in [6.07, 6.45) is 5.22. The number of halogens is 1. The monoisotopic (exact) mass is 239 g/mol. The van der Waals surface area contributed by atoms with E-state index in [2.05, 4.69) is 36.1 Å². The molecule has 0 unspecified atom stereocenters. The van der Waals surface area contributed by atoms with Crippen molar-refractivity contribution < 1.29 is 0 Å². The van der Waals surface area contributed by atoms with E-state index >= 15 is 0 Å². The molecule has 1 saturated carbocycles. The predicted octanol–water partition coefficient (Wildman–Crippen LogP) is 3.61. The van der Waals surface area contributed by atoms with Gasteiger partial charge in [0, 0.05) is 11.1 Å². The molecule has 1 fully saturated rings. The molecule has 1 aromatic heterocycles. The molecule has 0 aliphatic heterocycles. The molecule has 1 aromatic rings. The van der Waals surface area contributed by atoms with Gasteiger partial charge in [-0.15, -0.1) is 0 Å². The summed E-state index contributed by atoms with van der Waals surface area (Å²) in [5.74, 6) is 1.23. The predicted molar refractivity (Wildman–Crippen MR) is 67.0 cm³/mol. The fourth-order valence-electron chi connectivity index (χ4n) is 2.10. The molecule has 1 aliphatic carbocycles. The Morgan fingerprint density at radius 2 is 2.06 bits per heavy atom. The number of hydrogen-bond donors (Lipinski definition) is 1. The Morgan fingerprint density at radius 1 is 1.38 bits per heavy atom. The zero-order valence-electron chi connectivity index (χ0n) is 10.0. The highest BCUT2D eigenvalue weighted by Crippen LogP contribution is 2.37. The van der Waals surface area contributed by atoms with Crippen molar-refractivity contribution in [2.45, 2.75) is 51.5 Å². The van der Waals surface area contributed by atoms with Gasteiger partial charge in [0.05, 0.1) is 0 Å². The Balaban J connectivity index is 2.29. The lowest BCUT2D eigenvalue weighted by Gasteiger charge is -2.40. The first-order valence-corrected chi connectivity index (χ1v) is 6.18. The van der Waals surface area contributed by atoms with Gasteiger partial charge in [-0.2, -0.15) is 0 Å². The van der Waals surface area contributed by atoms with Crippen LogP contribution in [-0.4, -0.2) is 15.5 Å². The average molecular weight is 240 g/mol. The molecule has 0 bridgehead atoms. The first-order chi connectivity index (χ1) is 7.52. The summed E-state index contributed by atoms with van der Waals surface area (Å²) in [7, 11) is 0. The molecule has 1 aliphatic rings. The standard InChI is InChI=1S/C12H18ClN3/c1-8(2)9-10(13)14-7-15-11(9)16-12(3)5-4-6-12/h7-8H,4-6H2,1-3H3,(H,14,15,16). The van der Waals surface area contributed by atoms with Gasteiger partial charge in [-0.3, -0.25) is 0 Å². The van der Waals surface area contributed by atoms with E-state index in [1.54, 1.807) is 0 Å². The number of hydrogen-bond acceptors (Lipinski definition) is 3. The maximum atomic E-state index is 6.12. The Bertz CT molecular complexity index is 386. The number of nitrogens with zero attached hydrogens (tertiary/aromatic N) is 2. The third kappa shape index (κ3) is 2.14. The van der Waals surface area contributed by atoms with Crippen molar-refractivity contribution in [1.29, 1.82) is 0 Å². The highest BCUT2D eigenvalue weighted by Gasteiger charge is 2.32. The number of anilines is 1. The third-order valence-corrected chi connectivity index (χ3v) is 3.59. The van der Waals surface area contributed by atoms with Crippen LogP contribution in [0.5, 0.6) is 0 Å². The van der Waals surface area contributed by atoms with E-state index in [1.165, 1.54) is 25.6 Å². The quantitative estimate of drug-likeness (QED) is 0.819. The molecule has 0 saturated heterocycles. The summed E-state index contributed by atoms with van der Waals surface area (Å²) >= 11 is 6.12. The zero-order chi connectivity index (χ0) is 11.8. The molecule has 88 valence electrons. The number of aromatic nitrogens is 2. The van der Waals surface area contributed by atoms with Crippen molar-refractivity contribution in [3.05, 3.63) is 17.0 Å². The van der Waals surface area contributed by atoms with Crippen LogP contribution in [0.25, 0.3) is 0 Å². The summed E-state index contributed by atoms with van der Waals surface area (Å²) in [6.45, 7) is 6.45. The lowest BCUT2D eigenvalue weighted by atomic mass is 9.78. The highest BCUT2D eigenvalue weighted by molar-refractivity contribution is 6.30. The Hall–Kier alpha value is -0.830. The minimum Gasteiger partial charge on any atom is -0.365 e. The van der Waals surface area contributed by atoms with E-state index in [4.69, 9.17) is 11.6 Å². The molecule has 2 rings (SSSR count). The van der Waals surface area contributed by atoms with E-state index in [1.807, 2.05) is 0 Å². The van der Waals surface area contributed by atoms with Crippen molar-refractivity contribution in [1.82, 2.24) is 9.97 Å². The smallest absolute Gasteiger partial charge is 0.138 e. The van der Waals surface area contributed by atoms with E-state index < -0.39 is 0 Å². The van der Waals surface area contributed by atoms with Gasteiger partial charge in [0.25, 0.3) is 0 Å². The minimum atomic E-state index is 0.196. The van der Waals surface area contributed by atoms with E-state index in [-0.39, 0.29) is 5.54 Å². The summed E-state index contributed by atoms with van der Waals surface area (Å²) in [5, 5.41) is 4.08. The second kappa shape index (κ2) is 4.21. The van der Waals surface area contributed by atoms with Gasteiger partial charge in [0.1, 0.15) is 17.3 Å². The third-order valence-electron chi connectivity index (χ3n) is 3.29. The van der Waals surface area contributed by atoms with Crippen LogP contribution in [0.2, 0.25) is 5.15 Å². The fraction of sp³-hybridized carbons (Fsp3) is 0.667. The second-order valence-corrected chi connectivity index (χ2v) is 5.48. The number of nitrogens with one attached hydrogen (secondary N) is 1. The van der Waals surface area contributed by atoms with Crippen LogP contribution < -0.4 is 5.32 Å². The van der Waals surface area contributed by atoms with E-state index in [0.29, 0.717) is 11.1 Å². The van der Waals surface area contributed by atoms with Gasteiger partial charge in [0.15, 0.2) is 0 Å². The van der Waals surface area contributed by atoms with Crippen molar-refractivity contribution in [2.24, 2.45) is 0 Å². The molecule has 1 N–H and O–H groups in total. The van der Waals surface area contributed by atoms with Gasteiger partial charge in [0.2, 0.25) is 0 Å². The van der Waals surface area contributed by atoms with Crippen LogP contribution >= 0.6 is 11.6 Å². The molecule has 0 amide bonds. The second-order valence-electron chi connectivity index (χ2n) is 5.12. The summed E-state index contributed by atoms with van der Waals surface area (Å²) in [4.78, 5) is 8.37. The minimum absolute atomic E-state index is 0.196. The topological polar surface area (TPSA) is 37.8 Å². The van der Waals surface area contributed by atoms with Gasteiger partial charge in [-0.25, -0.2) is 9.97 Å². The summed E-state index contributed by atoms with van der Waals surface area (Å²) < 4.78 is 0. The summed E-state index contributed by atoms with van der Waals surface area (Å²) in [6, 6.07) is 0. The van der Waals surface area contributed by atoms with E-state index in [9.17, 15) is 0 Å². The molecule has 16 heavy (non-hydrogen) atoms. The molecular formula is C12H18ClN3. The summed E-state index contributed by atoms with van der Waals surface area (Å²) in [5.41, 5.74) is 1.22. The Morgan fingerprint density at radius 3 is 2.56 bits per heavy atom. The molecule has 1 heterocycles. The maximum Gasteiger partial charge on any atom is 0.138 e. The van der Waals surface area contributed by atoms with Crippen molar-refractivity contribution in [2.75, 3.05) is 5.32 Å². The maximum absolute atomic E-state index is 6.12. The lowest BCUT2D eigenvalue weighted by molar-refractivity contribution is 0.305. The first kappa shape index (κ1) is 11.6. The fourth-order valence-corrected chi connectivity index (χ4v) is 2.45. The van der Waals surface area contributed by atoms with Crippen LogP contribution in [0.4, 0.5) is 5.82 Å². The molecule has 3 nitrogen and oxygen atoms in total. The van der Waals surface area contributed by atoms with Crippen LogP contribution in [0, 0.1) is 0 Å². The highest BCUT2D eigenvalue weighted by atomic mass is 35.5. The molecule has 0 atom stereocenters. The molecule has 0 aromatic carbocycles.